The average Bonchev–Trinajstić information content (AvgIpc) is 2.67. The summed E-state index contributed by atoms with van der Waals surface area (Å²) in [5.74, 6) is 0.519. The summed E-state index contributed by atoms with van der Waals surface area (Å²) in [6.45, 7) is 2.48. The van der Waals surface area contributed by atoms with Gasteiger partial charge in [-0.1, -0.05) is 18.2 Å². The lowest BCUT2D eigenvalue weighted by Gasteiger charge is -2.33. The van der Waals surface area contributed by atoms with Crippen LogP contribution >= 0.6 is 0 Å². The van der Waals surface area contributed by atoms with Crippen molar-refractivity contribution < 1.29 is 0 Å². The number of piperidine rings is 1. The van der Waals surface area contributed by atoms with Gasteiger partial charge in [-0.15, -0.1) is 0 Å². The van der Waals surface area contributed by atoms with Gasteiger partial charge >= 0.3 is 0 Å². The van der Waals surface area contributed by atoms with Crippen molar-refractivity contribution in [3.8, 4) is 0 Å². The summed E-state index contributed by atoms with van der Waals surface area (Å²) >= 11 is 0. The van der Waals surface area contributed by atoms with Crippen LogP contribution in [0.15, 0.2) is 53.8 Å². The minimum Gasteiger partial charge on any atom is -0.350 e. The molecule has 0 unspecified atom stereocenters. The fourth-order valence-electron chi connectivity index (χ4n) is 3.50. The minimum atomic E-state index is -0.121. The Hall–Kier alpha value is -2.73. The number of rotatable bonds is 4. The second-order valence-electron chi connectivity index (χ2n) is 6.42. The maximum absolute atomic E-state index is 12.0. The van der Waals surface area contributed by atoms with Gasteiger partial charge in [0.2, 0.25) is 0 Å². The molecule has 1 aliphatic rings. The van der Waals surface area contributed by atoms with E-state index in [2.05, 4.69) is 49.4 Å². The van der Waals surface area contributed by atoms with Gasteiger partial charge in [0, 0.05) is 55.8 Å². The molecule has 0 aliphatic carbocycles. The molecular weight excluding hydrogens is 314 g/mol. The highest BCUT2D eigenvalue weighted by Crippen LogP contribution is 2.19. The Balaban J connectivity index is 1.46. The Morgan fingerprint density at radius 2 is 2.24 bits per heavy atom. The van der Waals surface area contributed by atoms with E-state index in [0.717, 1.165) is 37.9 Å². The first kappa shape index (κ1) is 15.8. The number of nitrogens with zero attached hydrogens (tertiary/aromatic N) is 3. The summed E-state index contributed by atoms with van der Waals surface area (Å²) in [5.41, 5.74) is 1.15. The second-order valence-corrected chi connectivity index (χ2v) is 6.42. The Morgan fingerprint density at radius 3 is 3.16 bits per heavy atom. The molecule has 1 aliphatic heterocycles. The zero-order chi connectivity index (χ0) is 17.1. The van der Waals surface area contributed by atoms with Gasteiger partial charge in [0.15, 0.2) is 5.82 Å². The Morgan fingerprint density at radius 1 is 1.28 bits per heavy atom. The molecule has 3 aromatic rings. The van der Waals surface area contributed by atoms with Gasteiger partial charge in [-0.2, -0.15) is 0 Å². The SMILES string of the molecule is O=c1[nH]ccnc1N1CCC[C@H](NCc2cccc3cnccc23)C1. The summed E-state index contributed by atoms with van der Waals surface area (Å²) in [5, 5.41) is 6.04. The van der Waals surface area contributed by atoms with Crippen LogP contribution in [-0.4, -0.2) is 34.1 Å². The van der Waals surface area contributed by atoms with Crippen molar-refractivity contribution in [2.75, 3.05) is 18.0 Å². The summed E-state index contributed by atoms with van der Waals surface area (Å²) in [6.07, 6.45) is 9.09. The Labute approximate surface area is 145 Å². The number of benzene rings is 1. The number of pyridine rings is 1. The van der Waals surface area contributed by atoms with E-state index in [0.29, 0.717) is 11.9 Å². The molecule has 6 nitrogen and oxygen atoms in total. The molecule has 0 saturated carbocycles. The molecule has 2 N–H and O–H groups in total. The first-order chi connectivity index (χ1) is 12.3. The number of hydrogen-bond donors (Lipinski definition) is 2. The molecule has 128 valence electrons. The van der Waals surface area contributed by atoms with E-state index in [1.54, 1.807) is 12.4 Å². The highest BCUT2D eigenvalue weighted by Gasteiger charge is 2.22. The molecule has 1 fully saturated rings. The number of aromatic nitrogens is 3. The van der Waals surface area contributed by atoms with Crippen LogP contribution in [0.5, 0.6) is 0 Å². The third-order valence-electron chi connectivity index (χ3n) is 4.76. The highest BCUT2D eigenvalue weighted by molar-refractivity contribution is 5.84. The predicted molar refractivity (Wildman–Crippen MR) is 98.7 cm³/mol. The van der Waals surface area contributed by atoms with Crippen LogP contribution in [0.25, 0.3) is 10.8 Å². The van der Waals surface area contributed by atoms with Gasteiger partial charge in [-0.3, -0.25) is 9.78 Å². The molecule has 1 saturated heterocycles. The monoisotopic (exact) mass is 335 g/mol. The average molecular weight is 335 g/mol. The van der Waals surface area contributed by atoms with Crippen LogP contribution in [0.2, 0.25) is 0 Å². The van der Waals surface area contributed by atoms with Crippen molar-refractivity contribution in [2.24, 2.45) is 0 Å². The van der Waals surface area contributed by atoms with Gasteiger partial charge in [-0.25, -0.2) is 4.98 Å². The van der Waals surface area contributed by atoms with Crippen LogP contribution in [-0.2, 0) is 6.54 Å². The molecule has 3 heterocycles. The number of anilines is 1. The van der Waals surface area contributed by atoms with Crippen LogP contribution in [0.4, 0.5) is 5.82 Å². The molecule has 0 spiro atoms. The van der Waals surface area contributed by atoms with E-state index in [4.69, 9.17) is 0 Å². The van der Waals surface area contributed by atoms with Crippen molar-refractivity contribution in [1.82, 2.24) is 20.3 Å². The smallest absolute Gasteiger partial charge is 0.290 e. The molecule has 25 heavy (non-hydrogen) atoms. The first-order valence-corrected chi connectivity index (χ1v) is 8.65. The maximum Gasteiger partial charge on any atom is 0.290 e. The zero-order valence-corrected chi connectivity index (χ0v) is 14.0. The highest BCUT2D eigenvalue weighted by atomic mass is 16.1. The quantitative estimate of drug-likeness (QED) is 0.764. The molecule has 0 radical (unpaired) electrons. The van der Waals surface area contributed by atoms with Gasteiger partial charge in [-0.05, 0) is 29.9 Å². The van der Waals surface area contributed by atoms with E-state index >= 15 is 0 Å². The zero-order valence-electron chi connectivity index (χ0n) is 14.0. The van der Waals surface area contributed by atoms with E-state index in [1.165, 1.54) is 10.9 Å². The maximum atomic E-state index is 12.0. The van der Waals surface area contributed by atoms with E-state index in [-0.39, 0.29) is 5.56 Å². The molecule has 1 aromatic carbocycles. The number of hydrogen-bond acceptors (Lipinski definition) is 5. The van der Waals surface area contributed by atoms with Crippen LogP contribution in [0.1, 0.15) is 18.4 Å². The minimum absolute atomic E-state index is 0.121. The first-order valence-electron chi connectivity index (χ1n) is 8.65. The summed E-state index contributed by atoms with van der Waals surface area (Å²) < 4.78 is 0. The molecular formula is C19H21N5O. The summed E-state index contributed by atoms with van der Waals surface area (Å²) in [4.78, 5) is 25.2. The molecule has 1 atom stereocenters. The van der Waals surface area contributed by atoms with Gasteiger partial charge in [0.25, 0.3) is 5.56 Å². The third kappa shape index (κ3) is 3.39. The Kier molecular flexibility index (Phi) is 4.43. The van der Waals surface area contributed by atoms with Crippen molar-refractivity contribution in [3.05, 3.63) is 65.0 Å². The van der Waals surface area contributed by atoms with E-state index < -0.39 is 0 Å². The van der Waals surface area contributed by atoms with Gasteiger partial charge < -0.3 is 15.2 Å². The fraction of sp³-hybridized carbons (Fsp3) is 0.316. The van der Waals surface area contributed by atoms with Crippen LogP contribution in [0, 0.1) is 0 Å². The van der Waals surface area contributed by atoms with E-state index in [9.17, 15) is 4.79 Å². The number of H-pyrrole nitrogens is 1. The van der Waals surface area contributed by atoms with Gasteiger partial charge in [0.1, 0.15) is 0 Å². The lowest BCUT2D eigenvalue weighted by molar-refractivity contribution is 0.420. The largest absolute Gasteiger partial charge is 0.350 e. The summed E-state index contributed by atoms with van der Waals surface area (Å²) in [6, 6.07) is 8.71. The normalized spacial score (nSPS) is 17.8. The Bertz CT molecular complexity index is 917. The number of fused-ring (bicyclic) bond motifs is 1. The molecule has 4 rings (SSSR count). The second kappa shape index (κ2) is 7.03. The lowest BCUT2D eigenvalue weighted by Crippen LogP contribution is -2.47. The molecule has 6 heteroatoms. The molecule has 0 bridgehead atoms. The standard InChI is InChI=1S/C19H21N5O/c25-19-18(21-8-9-22-19)24-10-2-5-16(13-24)23-12-15-4-1-3-14-11-20-7-6-17(14)15/h1,3-4,6-9,11,16,23H,2,5,10,12-13H2,(H,22,25)/t16-/m0/s1. The molecule has 2 aromatic heterocycles. The van der Waals surface area contributed by atoms with Crippen molar-refractivity contribution >= 4 is 16.6 Å². The van der Waals surface area contributed by atoms with Crippen LogP contribution < -0.4 is 15.8 Å². The number of aromatic amines is 1. The molecule has 0 amide bonds. The van der Waals surface area contributed by atoms with E-state index in [1.807, 2.05) is 12.4 Å². The van der Waals surface area contributed by atoms with Gasteiger partial charge in [0.05, 0.1) is 0 Å². The fourth-order valence-corrected chi connectivity index (χ4v) is 3.50. The van der Waals surface area contributed by atoms with Crippen LogP contribution in [0.3, 0.4) is 0 Å². The topological polar surface area (TPSA) is 73.9 Å². The third-order valence-corrected chi connectivity index (χ3v) is 4.76. The van der Waals surface area contributed by atoms with Crippen molar-refractivity contribution in [2.45, 2.75) is 25.4 Å². The number of nitrogens with one attached hydrogen (secondary N) is 2. The lowest BCUT2D eigenvalue weighted by atomic mass is 10.0. The van der Waals surface area contributed by atoms with Crippen molar-refractivity contribution in [1.29, 1.82) is 0 Å². The van der Waals surface area contributed by atoms with Crippen molar-refractivity contribution in [3.63, 3.8) is 0 Å². The summed E-state index contributed by atoms with van der Waals surface area (Å²) in [7, 11) is 0. The predicted octanol–water partition coefficient (Wildman–Crippen LogP) is 2.08.